The number of carbonyl (C=O) groups excluding carboxylic acids is 1. The van der Waals surface area contributed by atoms with Gasteiger partial charge in [-0.1, -0.05) is 11.3 Å². The highest BCUT2D eigenvalue weighted by atomic mass is 32.1. The summed E-state index contributed by atoms with van der Waals surface area (Å²) < 4.78 is 10.4. The summed E-state index contributed by atoms with van der Waals surface area (Å²) in [5, 5.41) is 10.6. The molecule has 1 saturated heterocycles. The minimum absolute atomic E-state index is 0.0559. The normalized spacial score (nSPS) is 17.3. The van der Waals surface area contributed by atoms with E-state index in [-0.39, 0.29) is 11.8 Å². The molecule has 4 rings (SSSR count). The number of benzene rings is 1. The second-order valence-corrected chi connectivity index (χ2v) is 7.25. The number of rotatable bonds is 4. The Balaban J connectivity index is 1.49. The molecular formula is C19H19N3O3S. The van der Waals surface area contributed by atoms with Gasteiger partial charge < -0.3 is 14.1 Å². The molecule has 0 aliphatic carbocycles. The van der Waals surface area contributed by atoms with Crippen LogP contribution in [0.4, 0.5) is 0 Å². The summed E-state index contributed by atoms with van der Waals surface area (Å²) in [4.78, 5) is 14.4. The van der Waals surface area contributed by atoms with Crippen molar-refractivity contribution in [3.05, 3.63) is 53.4 Å². The van der Waals surface area contributed by atoms with E-state index in [1.807, 2.05) is 29.2 Å². The quantitative estimate of drug-likeness (QED) is 0.699. The van der Waals surface area contributed by atoms with E-state index < -0.39 is 0 Å². The molecule has 1 amide bonds. The van der Waals surface area contributed by atoms with E-state index in [1.54, 1.807) is 30.6 Å². The maximum Gasteiger partial charge on any atom is 0.289 e. The first-order valence-electron chi connectivity index (χ1n) is 8.55. The van der Waals surface area contributed by atoms with Crippen LogP contribution in [0.1, 0.15) is 34.3 Å². The Hall–Kier alpha value is -2.67. The second-order valence-electron chi connectivity index (χ2n) is 6.24. The third-order valence-electron chi connectivity index (χ3n) is 4.57. The topological polar surface area (TPSA) is 68.5 Å². The molecule has 6 nitrogen and oxygen atoms in total. The van der Waals surface area contributed by atoms with E-state index in [9.17, 15) is 4.79 Å². The lowest BCUT2D eigenvalue weighted by atomic mass is 9.98. The zero-order valence-electron chi connectivity index (χ0n) is 14.4. The number of aromatic nitrogens is 2. The van der Waals surface area contributed by atoms with Crippen LogP contribution < -0.4 is 4.74 Å². The molecule has 134 valence electrons. The van der Waals surface area contributed by atoms with Crippen molar-refractivity contribution >= 4 is 17.2 Å². The summed E-state index contributed by atoms with van der Waals surface area (Å²) in [6.45, 7) is 1.40. The monoisotopic (exact) mass is 369 g/mol. The van der Waals surface area contributed by atoms with Crippen LogP contribution in [-0.2, 0) is 0 Å². The molecule has 0 radical (unpaired) electrons. The average molecular weight is 369 g/mol. The Labute approximate surface area is 155 Å². The van der Waals surface area contributed by atoms with E-state index >= 15 is 0 Å². The van der Waals surface area contributed by atoms with Gasteiger partial charge in [-0.3, -0.25) is 4.79 Å². The Bertz CT molecular complexity index is 874. The summed E-state index contributed by atoms with van der Waals surface area (Å²) in [5.74, 6) is 1.37. The Kier molecular flexibility index (Phi) is 4.71. The maximum atomic E-state index is 12.5. The number of nitrogens with zero attached hydrogens (tertiary/aromatic N) is 3. The molecule has 3 heterocycles. The van der Waals surface area contributed by atoms with Gasteiger partial charge in [-0.25, -0.2) is 0 Å². The number of methoxy groups -OCH3 is 1. The van der Waals surface area contributed by atoms with Crippen LogP contribution in [0.2, 0.25) is 0 Å². The lowest BCUT2D eigenvalue weighted by molar-refractivity contribution is 0.0674. The standard InChI is InChI=1S/C19H19N3O3S/c1-24-15-8-6-13(7-9-15)17-20-21-18(26-17)14-4-2-10-22(12-14)19(23)16-5-3-11-25-16/h3,5-9,11,14H,2,4,10,12H2,1H3. The van der Waals surface area contributed by atoms with Gasteiger partial charge in [0.2, 0.25) is 0 Å². The first kappa shape index (κ1) is 16.8. The fourth-order valence-corrected chi connectivity index (χ4v) is 4.14. The Morgan fingerprint density at radius 2 is 2.12 bits per heavy atom. The SMILES string of the molecule is COc1ccc(-c2nnc(C3CCCN(C(=O)c4ccco4)C3)s2)cc1. The molecule has 0 spiro atoms. The molecule has 1 atom stereocenters. The van der Waals surface area contributed by atoms with Gasteiger partial charge in [0.25, 0.3) is 5.91 Å². The van der Waals surface area contributed by atoms with Gasteiger partial charge in [-0.2, -0.15) is 0 Å². The zero-order valence-corrected chi connectivity index (χ0v) is 15.2. The minimum atomic E-state index is -0.0559. The zero-order chi connectivity index (χ0) is 17.9. The van der Waals surface area contributed by atoms with E-state index in [4.69, 9.17) is 9.15 Å². The molecule has 7 heteroatoms. The van der Waals surface area contributed by atoms with Crippen LogP contribution in [-0.4, -0.2) is 41.2 Å². The molecule has 2 aromatic heterocycles. The van der Waals surface area contributed by atoms with Crippen molar-refractivity contribution in [1.29, 1.82) is 0 Å². The Morgan fingerprint density at radius 3 is 2.85 bits per heavy atom. The van der Waals surface area contributed by atoms with Crippen LogP contribution in [0.5, 0.6) is 5.75 Å². The van der Waals surface area contributed by atoms with Crippen molar-refractivity contribution in [3.8, 4) is 16.3 Å². The van der Waals surface area contributed by atoms with Gasteiger partial charge in [0.1, 0.15) is 15.8 Å². The number of likely N-dealkylation sites (tertiary alicyclic amines) is 1. The summed E-state index contributed by atoms with van der Waals surface area (Å²) in [6.07, 6.45) is 3.49. The van der Waals surface area contributed by atoms with Crippen molar-refractivity contribution in [2.75, 3.05) is 20.2 Å². The second kappa shape index (κ2) is 7.29. The lowest BCUT2D eigenvalue weighted by Gasteiger charge is -2.30. The molecular weight excluding hydrogens is 350 g/mol. The van der Waals surface area contributed by atoms with Gasteiger partial charge >= 0.3 is 0 Å². The molecule has 1 aromatic carbocycles. The number of carbonyl (C=O) groups is 1. The molecule has 26 heavy (non-hydrogen) atoms. The maximum absolute atomic E-state index is 12.5. The van der Waals surface area contributed by atoms with Gasteiger partial charge in [0.15, 0.2) is 5.76 Å². The van der Waals surface area contributed by atoms with Crippen molar-refractivity contribution in [1.82, 2.24) is 15.1 Å². The van der Waals surface area contributed by atoms with Crippen molar-refractivity contribution < 1.29 is 13.9 Å². The predicted molar refractivity (Wildman–Crippen MR) is 98.5 cm³/mol. The van der Waals surface area contributed by atoms with Crippen LogP contribution in [0.3, 0.4) is 0 Å². The predicted octanol–water partition coefficient (Wildman–Crippen LogP) is 3.83. The van der Waals surface area contributed by atoms with Crippen molar-refractivity contribution in [2.45, 2.75) is 18.8 Å². The van der Waals surface area contributed by atoms with E-state index in [0.29, 0.717) is 12.3 Å². The Morgan fingerprint density at radius 1 is 1.27 bits per heavy atom. The minimum Gasteiger partial charge on any atom is -0.497 e. The van der Waals surface area contributed by atoms with Crippen LogP contribution in [0.15, 0.2) is 47.1 Å². The van der Waals surface area contributed by atoms with Gasteiger partial charge in [-0.05, 0) is 49.2 Å². The fraction of sp³-hybridized carbons (Fsp3) is 0.316. The smallest absolute Gasteiger partial charge is 0.289 e. The van der Waals surface area contributed by atoms with E-state index in [2.05, 4.69) is 10.2 Å². The molecule has 0 bridgehead atoms. The highest BCUT2D eigenvalue weighted by Crippen LogP contribution is 2.33. The molecule has 1 aliphatic heterocycles. The van der Waals surface area contributed by atoms with Crippen molar-refractivity contribution in [2.24, 2.45) is 0 Å². The average Bonchev–Trinajstić information content (AvgIpc) is 3.40. The first-order valence-corrected chi connectivity index (χ1v) is 9.37. The third kappa shape index (κ3) is 3.35. The summed E-state index contributed by atoms with van der Waals surface area (Å²) in [7, 11) is 1.65. The summed E-state index contributed by atoms with van der Waals surface area (Å²) in [5.41, 5.74) is 1.02. The number of furan rings is 1. The van der Waals surface area contributed by atoms with E-state index in [0.717, 1.165) is 40.7 Å². The largest absolute Gasteiger partial charge is 0.497 e. The van der Waals surface area contributed by atoms with Gasteiger partial charge in [0, 0.05) is 24.6 Å². The number of piperidine rings is 1. The summed E-state index contributed by atoms with van der Waals surface area (Å²) in [6, 6.07) is 11.2. The molecule has 1 fully saturated rings. The lowest BCUT2D eigenvalue weighted by Crippen LogP contribution is -2.38. The van der Waals surface area contributed by atoms with E-state index in [1.165, 1.54) is 6.26 Å². The molecule has 3 aromatic rings. The number of ether oxygens (including phenoxy) is 1. The number of amides is 1. The highest BCUT2D eigenvalue weighted by molar-refractivity contribution is 7.14. The van der Waals surface area contributed by atoms with Gasteiger partial charge in [-0.15, -0.1) is 10.2 Å². The molecule has 1 unspecified atom stereocenters. The van der Waals surface area contributed by atoms with Crippen LogP contribution in [0.25, 0.3) is 10.6 Å². The fourth-order valence-electron chi connectivity index (χ4n) is 3.17. The van der Waals surface area contributed by atoms with Crippen LogP contribution >= 0.6 is 11.3 Å². The number of hydrogen-bond donors (Lipinski definition) is 0. The van der Waals surface area contributed by atoms with Gasteiger partial charge in [0.05, 0.1) is 13.4 Å². The molecule has 0 N–H and O–H groups in total. The first-order chi connectivity index (χ1) is 12.7. The highest BCUT2D eigenvalue weighted by Gasteiger charge is 2.28. The van der Waals surface area contributed by atoms with Crippen LogP contribution in [0, 0.1) is 0 Å². The molecule has 0 saturated carbocycles. The summed E-state index contributed by atoms with van der Waals surface area (Å²) >= 11 is 1.59. The third-order valence-corrected chi connectivity index (χ3v) is 5.70. The molecule has 1 aliphatic rings. The van der Waals surface area contributed by atoms with Crippen molar-refractivity contribution in [3.63, 3.8) is 0 Å². The number of hydrogen-bond acceptors (Lipinski definition) is 6.